The van der Waals surface area contributed by atoms with Crippen molar-refractivity contribution >= 4 is 29.6 Å². The third-order valence-electron chi connectivity index (χ3n) is 0.258. The Kier molecular flexibility index (Phi) is 9.89. The summed E-state index contributed by atoms with van der Waals surface area (Å²) in [6, 6.07) is 0. The summed E-state index contributed by atoms with van der Waals surface area (Å²) in [6.45, 7) is 3.19. The predicted molar refractivity (Wildman–Crippen MR) is 25.3 cm³/mol. The second-order valence-corrected chi connectivity index (χ2v) is 0.769. The zero-order valence-electron chi connectivity index (χ0n) is 2.89. The monoisotopic (exact) mass is 99.0 g/mol. The van der Waals surface area contributed by atoms with Gasteiger partial charge in [-0.05, 0) is 13.3 Å². The van der Waals surface area contributed by atoms with E-state index < -0.39 is 6.29 Å². The molecule has 0 atom stereocenters. The van der Waals surface area contributed by atoms with Gasteiger partial charge in [-0.3, -0.25) is 0 Å². The van der Waals surface area contributed by atoms with E-state index in [9.17, 15) is 0 Å². The Hall–Kier alpha value is 0.920. The standard InChI is InChI=1S/C3H7O2.Na.H/c1-2-3(4)5;;/h3-5H,1-2H2;;. The van der Waals surface area contributed by atoms with Crippen LogP contribution in [0.1, 0.15) is 6.42 Å². The fraction of sp³-hybridized carbons (Fsp3) is 0.667. The molecule has 0 amide bonds. The topological polar surface area (TPSA) is 40.5 Å². The Balaban J connectivity index is 0. The molecule has 0 saturated heterocycles. The second-order valence-electron chi connectivity index (χ2n) is 0.769. The van der Waals surface area contributed by atoms with Crippen molar-refractivity contribution in [2.75, 3.05) is 0 Å². The van der Waals surface area contributed by atoms with Crippen molar-refractivity contribution in [1.29, 1.82) is 0 Å². The number of aliphatic hydroxyl groups excluding tert-OH is 1. The van der Waals surface area contributed by atoms with Gasteiger partial charge in [0.1, 0.15) is 0 Å². The minimum absolute atomic E-state index is 0. The minimum atomic E-state index is -1.23. The van der Waals surface area contributed by atoms with Gasteiger partial charge >= 0.3 is 29.6 Å². The number of aliphatic hydroxyl groups is 2. The van der Waals surface area contributed by atoms with Crippen LogP contribution in [0.15, 0.2) is 0 Å². The Bertz CT molecular complexity index is 22.8. The first-order chi connectivity index (χ1) is 2.27. The van der Waals surface area contributed by atoms with Crippen LogP contribution < -0.4 is 0 Å². The van der Waals surface area contributed by atoms with Crippen LogP contribution in [0.25, 0.3) is 0 Å². The Morgan fingerprint density at radius 1 is 1.50 bits per heavy atom. The van der Waals surface area contributed by atoms with Crippen molar-refractivity contribution in [1.82, 2.24) is 0 Å². The molecule has 0 saturated carbocycles. The van der Waals surface area contributed by atoms with Crippen molar-refractivity contribution < 1.29 is 10.2 Å². The summed E-state index contributed by atoms with van der Waals surface area (Å²) >= 11 is 0. The van der Waals surface area contributed by atoms with Gasteiger partial charge in [0.2, 0.25) is 0 Å². The van der Waals surface area contributed by atoms with E-state index in [-0.39, 0.29) is 36.0 Å². The van der Waals surface area contributed by atoms with Crippen molar-refractivity contribution in [3.63, 3.8) is 0 Å². The van der Waals surface area contributed by atoms with Gasteiger partial charge in [-0.15, -0.1) is 0 Å². The summed E-state index contributed by atoms with van der Waals surface area (Å²) in [5.74, 6) is 0. The van der Waals surface area contributed by atoms with Gasteiger partial charge < -0.3 is 10.2 Å². The van der Waals surface area contributed by atoms with Gasteiger partial charge in [-0.1, -0.05) is 0 Å². The zero-order valence-corrected chi connectivity index (χ0v) is 2.89. The molecular weight excluding hydrogens is 91.0 g/mol. The molecule has 0 fully saturated rings. The quantitative estimate of drug-likeness (QED) is 0.322. The van der Waals surface area contributed by atoms with Crippen LogP contribution in [0.3, 0.4) is 0 Å². The number of rotatable bonds is 1. The Morgan fingerprint density at radius 3 is 1.67 bits per heavy atom. The predicted octanol–water partition coefficient (Wildman–Crippen LogP) is -1.13. The molecule has 0 aromatic rings. The van der Waals surface area contributed by atoms with E-state index in [0.29, 0.717) is 0 Å². The first-order valence-electron chi connectivity index (χ1n) is 1.42. The Morgan fingerprint density at radius 2 is 1.67 bits per heavy atom. The molecule has 6 heavy (non-hydrogen) atoms. The van der Waals surface area contributed by atoms with Gasteiger partial charge in [0, 0.05) is 0 Å². The molecule has 0 aromatic heterocycles. The molecule has 0 bridgehead atoms. The molecule has 1 radical (unpaired) electrons. The van der Waals surface area contributed by atoms with Gasteiger partial charge in [-0.2, -0.15) is 0 Å². The van der Waals surface area contributed by atoms with Crippen LogP contribution in [0.2, 0.25) is 0 Å². The van der Waals surface area contributed by atoms with E-state index in [4.69, 9.17) is 10.2 Å². The molecule has 3 heteroatoms. The summed E-state index contributed by atoms with van der Waals surface area (Å²) in [6.07, 6.45) is -1.06. The first kappa shape index (κ1) is 10.0. The van der Waals surface area contributed by atoms with Crippen molar-refractivity contribution in [3.8, 4) is 0 Å². The maximum absolute atomic E-state index is 7.85. The fourth-order valence-electron chi connectivity index (χ4n) is 0. The number of hydrogen-bond donors (Lipinski definition) is 2. The van der Waals surface area contributed by atoms with Crippen LogP contribution in [0.4, 0.5) is 0 Å². The van der Waals surface area contributed by atoms with Gasteiger partial charge in [-0.25, -0.2) is 0 Å². The van der Waals surface area contributed by atoms with Crippen molar-refractivity contribution in [3.05, 3.63) is 6.92 Å². The van der Waals surface area contributed by atoms with E-state index >= 15 is 0 Å². The second kappa shape index (κ2) is 5.92. The van der Waals surface area contributed by atoms with Crippen molar-refractivity contribution in [2.24, 2.45) is 0 Å². The zero-order chi connectivity index (χ0) is 4.28. The van der Waals surface area contributed by atoms with Gasteiger partial charge in [0.05, 0.1) is 0 Å². The summed E-state index contributed by atoms with van der Waals surface area (Å²) in [5.41, 5.74) is 0. The van der Waals surface area contributed by atoms with Gasteiger partial charge in [0.15, 0.2) is 6.29 Å². The molecule has 0 spiro atoms. The molecule has 0 heterocycles. The molecule has 0 aliphatic rings. The molecule has 0 unspecified atom stereocenters. The van der Waals surface area contributed by atoms with Crippen LogP contribution in [-0.4, -0.2) is 46.1 Å². The molecule has 0 aliphatic heterocycles. The molecule has 0 aliphatic carbocycles. The third-order valence-corrected chi connectivity index (χ3v) is 0.258. The molecule has 2 nitrogen and oxygen atoms in total. The van der Waals surface area contributed by atoms with Crippen molar-refractivity contribution in [2.45, 2.75) is 12.7 Å². The van der Waals surface area contributed by atoms with E-state index in [1.54, 1.807) is 0 Å². The number of hydrogen-bond acceptors (Lipinski definition) is 2. The molecule has 0 aromatic carbocycles. The maximum atomic E-state index is 7.85. The van der Waals surface area contributed by atoms with E-state index in [1.807, 2.05) is 0 Å². The molecule has 2 N–H and O–H groups in total. The first-order valence-corrected chi connectivity index (χ1v) is 1.42. The molecule has 0 rings (SSSR count). The molecular formula is C3H8NaO2. The molecule has 33 valence electrons. The van der Waals surface area contributed by atoms with Crippen LogP contribution in [-0.2, 0) is 0 Å². The summed E-state index contributed by atoms with van der Waals surface area (Å²) in [4.78, 5) is 0. The average Bonchev–Trinajstić information content (AvgIpc) is 1.38. The fourth-order valence-corrected chi connectivity index (χ4v) is 0. The van der Waals surface area contributed by atoms with E-state index in [0.717, 1.165) is 0 Å². The van der Waals surface area contributed by atoms with Crippen LogP contribution in [0, 0.1) is 6.92 Å². The van der Waals surface area contributed by atoms with E-state index in [1.165, 1.54) is 0 Å². The normalized spacial score (nSPS) is 8.00. The summed E-state index contributed by atoms with van der Waals surface area (Å²) in [5, 5.41) is 15.7. The SMILES string of the molecule is [CH2]CC(O)O.[NaH]. The average molecular weight is 99.1 g/mol. The van der Waals surface area contributed by atoms with E-state index in [2.05, 4.69) is 6.92 Å². The third kappa shape index (κ3) is 8.87. The summed E-state index contributed by atoms with van der Waals surface area (Å²) < 4.78 is 0. The van der Waals surface area contributed by atoms with Crippen LogP contribution >= 0.6 is 0 Å². The van der Waals surface area contributed by atoms with Crippen LogP contribution in [0.5, 0.6) is 0 Å². The van der Waals surface area contributed by atoms with Gasteiger partial charge in [0.25, 0.3) is 0 Å². The summed E-state index contributed by atoms with van der Waals surface area (Å²) in [7, 11) is 0. The Labute approximate surface area is 59.5 Å².